The summed E-state index contributed by atoms with van der Waals surface area (Å²) >= 11 is 0. The summed E-state index contributed by atoms with van der Waals surface area (Å²) in [5.74, 6) is 0.259. The number of nitrogens with one attached hydrogen (secondary N) is 1. The van der Waals surface area contributed by atoms with E-state index in [1.54, 1.807) is 6.26 Å². The Labute approximate surface area is 139 Å². The Morgan fingerprint density at radius 3 is 2.26 bits per heavy atom. The van der Waals surface area contributed by atoms with Gasteiger partial charge in [-0.05, 0) is 26.8 Å². The van der Waals surface area contributed by atoms with Gasteiger partial charge in [0.25, 0.3) is 0 Å². The number of benzene rings is 1. The van der Waals surface area contributed by atoms with Gasteiger partial charge in [0.1, 0.15) is 5.58 Å². The second kappa shape index (κ2) is 6.12. The van der Waals surface area contributed by atoms with Gasteiger partial charge < -0.3 is 9.73 Å². The first-order valence-electron chi connectivity index (χ1n) is 8.29. The standard InChI is InChI=1S/C20H29NO2/c1-13(15-12-23-16-11-9-8-10-14(15)16)17(21-20(5,6)7)18(22)19(2,3)4/h8-13,17,21H,1-7H3. The quantitative estimate of drug-likeness (QED) is 0.872. The number of hydrogen-bond acceptors (Lipinski definition) is 3. The molecule has 3 nitrogen and oxygen atoms in total. The zero-order valence-corrected chi connectivity index (χ0v) is 15.4. The molecule has 0 amide bonds. The Hall–Kier alpha value is -1.61. The van der Waals surface area contributed by atoms with Crippen LogP contribution in [0.5, 0.6) is 0 Å². The van der Waals surface area contributed by atoms with E-state index in [0.29, 0.717) is 0 Å². The van der Waals surface area contributed by atoms with E-state index in [0.717, 1.165) is 16.5 Å². The highest BCUT2D eigenvalue weighted by atomic mass is 16.3. The molecule has 2 rings (SSSR count). The van der Waals surface area contributed by atoms with Crippen molar-refractivity contribution >= 4 is 16.8 Å². The van der Waals surface area contributed by atoms with Crippen LogP contribution in [0.4, 0.5) is 0 Å². The third-order valence-corrected chi connectivity index (χ3v) is 4.11. The highest BCUT2D eigenvalue weighted by Gasteiger charge is 2.36. The van der Waals surface area contributed by atoms with Crippen LogP contribution in [-0.4, -0.2) is 17.4 Å². The molecule has 3 heteroatoms. The van der Waals surface area contributed by atoms with Crippen LogP contribution in [0.25, 0.3) is 11.0 Å². The van der Waals surface area contributed by atoms with Gasteiger partial charge in [-0.2, -0.15) is 0 Å². The van der Waals surface area contributed by atoms with E-state index in [4.69, 9.17) is 4.42 Å². The average Bonchev–Trinajstić information content (AvgIpc) is 2.85. The van der Waals surface area contributed by atoms with Crippen LogP contribution in [0, 0.1) is 5.41 Å². The monoisotopic (exact) mass is 315 g/mol. The van der Waals surface area contributed by atoms with Gasteiger partial charge in [-0.15, -0.1) is 0 Å². The molecule has 0 aliphatic carbocycles. The summed E-state index contributed by atoms with van der Waals surface area (Å²) in [7, 11) is 0. The first-order valence-corrected chi connectivity index (χ1v) is 8.29. The first kappa shape index (κ1) is 17.7. The molecule has 0 fully saturated rings. The van der Waals surface area contributed by atoms with Gasteiger partial charge in [0.05, 0.1) is 12.3 Å². The Morgan fingerprint density at radius 2 is 1.70 bits per heavy atom. The molecule has 1 N–H and O–H groups in total. The number of carbonyl (C=O) groups is 1. The molecule has 0 bridgehead atoms. The molecule has 0 aliphatic rings. The molecule has 2 atom stereocenters. The van der Waals surface area contributed by atoms with Crippen molar-refractivity contribution < 1.29 is 9.21 Å². The van der Waals surface area contributed by atoms with E-state index in [1.807, 2.05) is 39.0 Å². The van der Waals surface area contributed by atoms with Crippen molar-refractivity contribution in [2.75, 3.05) is 0 Å². The molecule has 0 saturated heterocycles. The van der Waals surface area contributed by atoms with Crippen LogP contribution in [0.2, 0.25) is 0 Å². The molecule has 126 valence electrons. The maximum atomic E-state index is 13.0. The molecule has 1 heterocycles. The SMILES string of the molecule is CC(c1coc2ccccc12)C(NC(C)(C)C)C(=O)C(C)(C)C. The summed E-state index contributed by atoms with van der Waals surface area (Å²) in [6.07, 6.45) is 1.79. The second-order valence-electron chi connectivity index (χ2n) is 8.46. The topological polar surface area (TPSA) is 42.2 Å². The molecule has 2 unspecified atom stereocenters. The molecule has 1 aromatic carbocycles. The summed E-state index contributed by atoms with van der Waals surface area (Å²) in [5.41, 5.74) is 1.42. The summed E-state index contributed by atoms with van der Waals surface area (Å²) in [6, 6.07) is 7.73. The number of para-hydroxylation sites is 1. The minimum absolute atomic E-state index is 0.0320. The van der Waals surface area contributed by atoms with Crippen LogP contribution < -0.4 is 5.32 Å². The van der Waals surface area contributed by atoms with Crippen molar-refractivity contribution in [1.82, 2.24) is 5.32 Å². The number of rotatable bonds is 4. The number of ketones is 1. The Kier molecular flexibility index (Phi) is 4.72. The zero-order chi connectivity index (χ0) is 17.4. The number of furan rings is 1. The normalized spacial score (nSPS) is 15.6. The lowest BCUT2D eigenvalue weighted by atomic mass is 9.79. The third-order valence-electron chi connectivity index (χ3n) is 4.11. The van der Waals surface area contributed by atoms with Crippen molar-refractivity contribution in [1.29, 1.82) is 0 Å². The summed E-state index contributed by atoms with van der Waals surface area (Å²) < 4.78 is 5.68. The van der Waals surface area contributed by atoms with Crippen LogP contribution in [0.3, 0.4) is 0 Å². The van der Waals surface area contributed by atoms with Gasteiger partial charge in [-0.25, -0.2) is 0 Å². The van der Waals surface area contributed by atoms with E-state index in [9.17, 15) is 4.79 Å². The molecule has 0 radical (unpaired) electrons. The van der Waals surface area contributed by atoms with E-state index in [2.05, 4.69) is 39.1 Å². The molecular weight excluding hydrogens is 286 g/mol. The fraction of sp³-hybridized carbons (Fsp3) is 0.550. The summed E-state index contributed by atoms with van der Waals surface area (Å²) in [6.45, 7) is 14.3. The minimum atomic E-state index is -0.392. The van der Waals surface area contributed by atoms with E-state index < -0.39 is 5.41 Å². The van der Waals surface area contributed by atoms with Crippen LogP contribution in [-0.2, 0) is 4.79 Å². The van der Waals surface area contributed by atoms with Crippen molar-refractivity contribution in [3.63, 3.8) is 0 Å². The van der Waals surface area contributed by atoms with Crippen molar-refractivity contribution in [3.05, 3.63) is 36.1 Å². The van der Waals surface area contributed by atoms with Crippen molar-refractivity contribution in [3.8, 4) is 0 Å². The van der Waals surface area contributed by atoms with Gasteiger partial charge in [0.2, 0.25) is 0 Å². The Morgan fingerprint density at radius 1 is 1.09 bits per heavy atom. The number of fused-ring (bicyclic) bond motifs is 1. The van der Waals surface area contributed by atoms with Crippen molar-refractivity contribution in [2.24, 2.45) is 5.41 Å². The van der Waals surface area contributed by atoms with Gasteiger partial charge >= 0.3 is 0 Å². The van der Waals surface area contributed by atoms with Gasteiger partial charge in [-0.3, -0.25) is 4.79 Å². The highest BCUT2D eigenvalue weighted by Crippen LogP contribution is 2.33. The zero-order valence-electron chi connectivity index (χ0n) is 15.4. The van der Waals surface area contributed by atoms with E-state index in [1.165, 1.54) is 0 Å². The van der Waals surface area contributed by atoms with Gasteiger partial charge in [0.15, 0.2) is 5.78 Å². The number of Topliss-reactive ketones (excluding diaryl/α,β-unsaturated/α-hetero) is 1. The highest BCUT2D eigenvalue weighted by molar-refractivity contribution is 5.91. The smallest absolute Gasteiger partial charge is 0.155 e. The lowest BCUT2D eigenvalue weighted by Gasteiger charge is -2.35. The molecule has 0 aliphatic heterocycles. The molecule has 1 aromatic heterocycles. The Balaban J connectivity index is 2.44. The lowest BCUT2D eigenvalue weighted by Crippen LogP contribution is -2.53. The fourth-order valence-electron chi connectivity index (χ4n) is 2.88. The van der Waals surface area contributed by atoms with Crippen LogP contribution in [0.1, 0.15) is 59.9 Å². The summed E-state index contributed by atoms with van der Waals surface area (Å²) in [4.78, 5) is 13.0. The molecule has 0 saturated carbocycles. The Bertz CT molecular complexity index is 685. The maximum absolute atomic E-state index is 13.0. The first-order chi connectivity index (χ1) is 10.5. The van der Waals surface area contributed by atoms with E-state index in [-0.39, 0.29) is 23.3 Å². The second-order valence-corrected chi connectivity index (χ2v) is 8.46. The van der Waals surface area contributed by atoms with Gasteiger partial charge in [0, 0.05) is 27.8 Å². The largest absolute Gasteiger partial charge is 0.464 e. The van der Waals surface area contributed by atoms with Crippen LogP contribution in [0.15, 0.2) is 34.9 Å². The number of hydrogen-bond donors (Lipinski definition) is 1. The predicted molar refractivity (Wildman–Crippen MR) is 95.8 cm³/mol. The van der Waals surface area contributed by atoms with Crippen LogP contribution >= 0.6 is 0 Å². The van der Waals surface area contributed by atoms with Crippen molar-refractivity contribution in [2.45, 2.75) is 66.0 Å². The molecule has 0 spiro atoms. The third kappa shape index (κ3) is 4.03. The predicted octanol–water partition coefficient (Wildman–Crippen LogP) is 4.91. The molecule has 2 aromatic rings. The lowest BCUT2D eigenvalue weighted by molar-refractivity contribution is -0.129. The minimum Gasteiger partial charge on any atom is -0.464 e. The average molecular weight is 315 g/mol. The summed E-state index contributed by atoms with van der Waals surface area (Å²) in [5, 5.41) is 4.61. The van der Waals surface area contributed by atoms with E-state index >= 15 is 0 Å². The molecule has 23 heavy (non-hydrogen) atoms. The number of carbonyl (C=O) groups excluding carboxylic acids is 1. The molecular formula is C20H29NO2. The van der Waals surface area contributed by atoms with Gasteiger partial charge in [-0.1, -0.05) is 45.9 Å². The fourth-order valence-corrected chi connectivity index (χ4v) is 2.88. The maximum Gasteiger partial charge on any atom is 0.155 e.